The Hall–Kier alpha value is -2.54. The Morgan fingerprint density at radius 3 is 2.41 bits per heavy atom. The largest absolute Gasteiger partial charge is 0.480 e. The Bertz CT molecular complexity index is 795. The maximum absolute atomic E-state index is 13.1. The summed E-state index contributed by atoms with van der Waals surface area (Å²) >= 11 is 0. The van der Waals surface area contributed by atoms with Crippen LogP contribution in [0.4, 0.5) is 13.2 Å². The molecule has 1 aliphatic rings. The number of hydrogen-bond acceptors (Lipinski definition) is 3. The van der Waals surface area contributed by atoms with E-state index in [2.05, 4.69) is 0 Å². The molecule has 1 fully saturated rings. The molecule has 1 aliphatic heterocycles. The molecule has 3 atom stereocenters. The van der Waals surface area contributed by atoms with Gasteiger partial charge in [-0.2, -0.15) is 13.2 Å². The van der Waals surface area contributed by atoms with Crippen LogP contribution in [0.25, 0.3) is 0 Å². The molecular weight excluding hydrogens is 357 g/mol. The zero-order chi connectivity index (χ0) is 19.6. The predicted molar refractivity (Wildman–Crippen MR) is 95.3 cm³/mol. The fourth-order valence-corrected chi connectivity index (χ4v) is 3.36. The van der Waals surface area contributed by atoms with Crippen molar-refractivity contribution in [3.05, 3.63) is 65.7 Å². The van der Waals surface area contributed by atoms with Crippen molar-refractivity contribution in [1.29, 1.82) is 0 Å². The zero-order valence-electron chi connectivity index (χ0n) is 14.8. The van der Waals surface area contributed by atoms with Gasteiger partial charge in [0.05, 0.1) is 5.56 Å². The lowest BCUT2D eigenvalue weighted by molar-refractivity contribution is -0.143. The number of alkyl halides is 3. The van der Waals surface area contributed by atoms with E-state index in [0.717, 1.165) is 11.6 Å². The second-order valence-corrected chi connectivity index (χ2v) is 6.68. The standard InChI is InChI=1S/C20H21F3N2O2/c1-13(27-18-10-6-5-9-16(18)20(21,22)23)19(26)25-11-15(17(24)12-25)14-7-3-2-4-8-14/h2-10,13,15,17H,11-12,24H2,1H3/t13?,15-,17+/m0/s1. The Kier molecular flexibility index (Phi) is 5.41. The number of hydrogen-bond donors (Lipinski definition) is 1. The maximum atomic E-state index is 13.1. The van der Waals surface area contributed by atoms with Crippen molar-refractivity contribution in [2.75, 3.05) is 13.1 Å². The minimum Gasteiger partial charge on any atom is -0.480 e. The summed E-state index contributed by atoms with van der Waals surface area (Å²) in [5.41, 5.74) is 6.33. The van der Waals surface area contributed by atoms with Gasteiger partial charge in [-0.3, -0.25) is 4.79 Å². The Balaban J connectivity index is 1.70. The molecule has 0 aliphatic carbocycles. The van der Waals surface area contributed by atoms with Crippen LogP contribution in [-0.2, 0) is 11.0 Å². The van der Waals surface area contributed by atoms with Crippen LogP contribution >= 0.6 is 0 Å². The third kappa shape index (κ3) is 4.24. The van der Waals surface area contributed by atoms with E-state index in [1.165, 1.54) is 25.1 Å². The number of halogens is 3. The first-order valence-corrected chi connectivity index (χ1v) is 8.69. The highest BCUT2D eigenvalue weighted by molar-refractivity contribution is 5.81. The smallest absolute Gasteiger partial charge is 0.419 e. The molecule has 0 bridgehead atoms. The van der Waals surface area contributed by atoms with Gasteiger partial charge >= 0.3 is 6.18 Å². The SMILES string of the molecule is CC(Oc1ccccc1C(F)(F)F)C(=O)N1C[C@@H](N)[C@H](c2ccccc2)C1. The molecule has 2 aromatic carbocycles. The normalized spacial score (nSPS) is 21.1. The zero-order valence-corrected chi connectivity index (χ0v) is 14.8. The number of amides is 1. The van der Waals surface area contributed by atoms with E-state index in [1.54, 1.807) is 4.90 Å². The predicted octanol–water partition coefficient (Wildman–Crippen LogP) is 3.43. The molecule has 2 N–H and O–H groups in total. The van der Waals surface area contributed by atoms with Crippen LogP contribution in [0.3, 0.4) is 0 Å². The topological polar surface area (TPSA) is 55.6 Å². The van der Waals surface area contributed by atoms with Crippen molar-refractivity contribution in [3.8, 4) is 5.75 Å². The molecule has 1 unspecified atom stereocenters. The number of para-hydroxylation sites is 1. The Morgan fingerprint density at radius 1 is 1.11 bits per heavy atom. The molecule has 1 saturated heterocycles. The van der Waals surface area contributed by atoms with Crippen molar-refractivity contribution < 1.29 is 22.7 Å². The second-order valence-electron chi connectivity index (χ2n) is 6.68. The van der Waals surface area contributed by atoms with Gasteiger partial charge in [0.25, 0.3) is 5.91 Å². The van der Waals surface area contributed by atoms with E-state index >= 15 is 0 Å². The molecular formula is C20H21F3N2O2. The van der Waals surface area contributed by atoms with Gasteiger partial charge in [-0.15, -0.1) is 0 Å². The summed E-state index contributed by atoms with van der Waals surface area (Å²) in [5, 5.41) is 0. The molecule has 0 saturated carbocycles. The third-order valence-electron chi connectivity index (χ3n) is 4.75. The molecule has 2 aromatic rings. The van der Waals surface area contributed by atoms with Gasteiger partial charge < -0.3 is 15.4 Å². The van der Waals surface area contributed by atoms with Crippen molar-refractivity contribution in [1.82, 2.24) is 4.90 Å². The highest BCUT2D eigenvalue weighted by Crippen LogP contribution is 2.36. The van der Waals surface area contributed by atoms with Crippen LogP contribution in [0, 0.1) is 0 Å². The fourth-order valence-electron chi connectivity index (χ4n) is 3.36. The maximum Gasteiger partial charge on any atom is 0.419 e. The minimum atomic E-state index is -4.55. The van der Waals surface area contributed by atoms with Crippen molar-refractivity contribution in [2.24, 2.45) is 5.73 Å². The number of carbonyl (C=O) groups is 1. The quantitative estimate of drug-likeness (QED) is 0.887. The van der Waals surface area contributed by atoms with Gasteiger partial charge in [0.1, 0.15) is 5.75 Å². The summed E-state index contributed by atoms with van der Waals surface area (Å²) in [4.78, 5) is 14.3. The number of ether oxygens (including phenoxy) is 1. The summed E-state index contributed by atoms with van der Waals surface area (Å²) in [7, 11) is 0. The lowest BCUT2D eigenvalue weighted by Crippen LogP contribution is -2.40. The molecule has 0 radical (unpaired) electrons. The first-order valence-electron chi connectivity index (χ1n) is 8.69. The van der Waals surface area contributed by atoms with E-state index in [1.807, 2.05) is 30.3 Å². The molecule has 27 heavy (non-hydrogen) atoms. The van der Waals surface area contributed by atoms with Crippen LogP contribution in [0.15, 0.2) is 54.6 Å². The van der Waals surface area contributed by atoms with Crippen molar-refractivity contribution >= 4 is 5.91 Å². The lowest BCUT2D eigenvalue weighted by atomic mass is 9.95. The molecule has 144 valence electrons. The molecule has 1 amide bonds. The summed E-state index contributed by atoms with van der Waals surface area (Å²) < 4.78 is 44.7. The van der Waals surface area contributed by atoms with E-state index in [9.17, 15) is 18.0 Å². The molecule has 3 rings (SSSR count). The number of nitrogens with zero attached hydrogens (tertiary/aromatic N) is 1. The summed E-state index contributed by atoms with van der Waals surface area (Å²) in [6.45, 7) is 2.21. The van der Waals surface area contributed by atoms with Crippen LogP contribution < -0.4 is 10.5 Å². The average Bonchev–Trinajstić information content (AvgIpc) is 3.03. The molecule has 4 nitrogen and oxygen atoms in total. The molecule has 1 heterocycles. The number of likely N-dealkylation sites (tertiary alicyclic amines) is 1. The second kappa shape index (κ2) is 7.60. The molecule has 0 aromatic heterocycles. The first-order chi connectivity index (χ1) is 12.8. The molecule has 7 heteroatoms. The van der Waals surface area contributed by atoms with E-state index in [-0.39, 0.29) is 23.6 Å². The van der Waals surface area contributed by atoms with Crippen LogP contribution in [-0.4, -0.2) is 36.0 Å². The van der Waals surface area contributed by atoms with Gasteiger partial charge in [0.15, 0.2) is 6.10 Å². The highest BCUT2D eigenvalue weighted by atomic mass is 19.4. The third-order valence-corrected chi connectivity index (χ3v) is 4.75. The van der Waals surface area contributed by atoms with Gasteiger partial charge in [-0.1, -0.05) is 42.5 Å². The van der Waals surface area contributed by atoms with Crippen molar-refractivity contribution in [2.45, 2.75) is 31.2 Å². The van der Waals surface area contributed by atoms with Crippen molar-refractivity contribution in [3.63, 3.8) is 0 Å². The number of carbonyl (C=O) groups excluding carboxylic acids is 1. The van der Waals surface area contributed by atoms with Gasteiger partial charge in [-0.25, -0.2) is 0 Å². The van der Waals surface area contributed by atoms with Crippen LogP contribution in [0.2, 0.25) is 0 Å². The Labute approximate surface area is 155 Å². The van der Waals surface area contributed by atoms with Gasteiger partial charge in [0, 0.05) is 25.0 Å². The average molecular weight is 378 g/mol. The van der Waals surface area contributed by atoms with E-state index < -0.39 is 17.8 Å². The Morgan fingerprint density at radius 2 is 1.74 bits per heavy atom. The number of nitrogens with two attached hydrogens (primary N) is 1. The summed E-state index contributed by atoms with van der Waals surface area (Å²) in [5.74, 6) is -0.736. The summed E-state index contributed by atoms with van der Waals surface area (Å²) in [6.07, 6.45) is -5.59. The van der Waals surface area contributed by atoms with Gasteiger partial charge in [0.2, 0.25) is 0 Å². The van der Waals surface area contributed by atoms with Crippen LogP contribution in [0.1, 0.15) is 24.0 Å². The monoisotopic (exact) mass is 378 g/mol. The van der Waals surface area contributed by atoms with Gasteiger partial charge in [-0.05, 0) is 24.6 Å². The highest BCUT2D eigenvalue weighted by Gasteiger charge is 2.38. The molecule has 0 spiro atoms. The van der Waals surface area contributed by atoms with E-state index in [4.69, 9.17) is 10.5 Å². The lowest BCUT2D eigenvalue weighted by Gasteiger charge is -2.23. The van der Waals surface area contributed by atoms with Crippen LogP contribution in [0.5, 0.6) is 5.75 Å². The van der Waals surface area contributed by atoms with E-state index in [0.29, 0.717) is 13.1 Å². The first kappa shape index (κ1) is 19.2. The number of rotatable bonds is 4. The summed E-state index contributed by atoms with van der Waals surface area (Å²) in [6, 6.07) is 14.3. The minimum absolute atomic E-state index is 0.00943. The number of benzene rings is 2. The fraction of sp³-hybridized carbons (Fsp3) is 0.350.